The highest BCUT2D eigenvalue weighted by Crippen LogP contribution is 2.65. The van der Waals surface area contributed by atoms with Crippen molar-refractivity contribution in [2.75, 3.05) is 13.1 Å². The van der Waals surface area contributed by atoms with Gasteiger partial charge in [-0.2, -0.15) is 0 Å². The average molecular weight is 651 g/mol. The molecule has 4 amide bonds. The predicted molar refractivity (Wildman–Crippen MR) is 177 cm³/mol. The van der Waals surface area contributed by atoms with Gasteiger partial charge in [0, 0.05) is 13.1 Å². The van der Waals surface area contributed by atoms with Crippen molar-refractivity contribution in [3.05, 3.63) is 25.3 Å². The minimum Gasteiger partial charge on any atom is -0.443 e. The summed E-state index contributed by atoms with van der Waals surface area (Å²) in [5.74, 6) is -0.329. The van der Waals surface area contributed by atoms with Gasteiger partial charge in [-0.1, -0.05) is 45.3 Å². The molecule has 6 saturated carbocycles. The molecule has 4 bridgehead atoms. The summed E-state index contributed by atoms with van der Waals surface area (Å²) in [6.07, 6.45) is 14.5. The number of alkyl carbamates (subject to hydrolysis) is 1. The molecule has 7 rings (SSSR count). The molecule has 0 radical (unpaired) electrons. The zero-order valence-electron chi connectivity index (χ0n) is 28.3. The highest BCUT2D eigenvalue weighted by Gasteiger charge is 2.70. The van der Waals surface area contributed by atoms with Gasteiger partial charge in [-0.15, -0.1) is 13.2 Å². The molecule has 1 heterocycles. The van der Waals surface area contributed by atoms with Crippen LogP contribution in [0.4, 0.5) is 4.79 Å². The molecule has 7 fully saturated rings. The highest BCUT2D eigenvalue weighted by molar-refractivity contribution is 6.38. The summed E-state index contributed by atoms with van der Waals surface area (Å²) in [4.78, 5) is 69.6. The number of nitrogens with zero attached hydrogens (tertiary/aromatic N) is 1. The molecule has 47 heavy (non-hydrogen) atoms. The number of carbonyl (C=O) groups is 5. The van der Waals surface area contributed by atoms with E-state index in [0.717, 1.165) is 51.4 Å². The van der Waals surface area contributed by atoms with Crippen LogP contribution in [0, 0.1) is 40.9 Å². The molecule has 0 aromatic carbocycles. The Morgan fingerprint density at radius 3 is 2.15 bits per heavy atom. The quantitative estimate of drug-likeness (QED) is 0.200. The van der Waals surface area contributed by atoms with Gasteiger partial charge in [0.15, 0.2) is 0 Å². The molecule has 0 spiro atoms. The van der Waals surface area contributed by atoms with Gasteiger partial charge in [-0.05, 0) is 105 Å². The molecule has 7 aliphatic rings. The maximum absolute atomic E-state index is 14.6. The average Bonchev–Trinajstić information content (AvgIpc) is 3.34. The summed E-state index contributed by atoms with van der Waals surface area (Å²) in [7, 11) is 0. The van der Waals surface area contributed by atoms with E-state index in [1.54, 1.807) is 11.0 Å². The lowest BCUT2D eigenvalue weighted by Gasteiger charge is -2.55. The lowest BCUT2D eigenvalue weighted by atomic mass is 9.54. The highest BCUT2D eigenvalue weighted by atomic mass is 16.6. The van der Waals surface area contributed by atoms with Crippen LogP contribution in [0.15, 0.2) is 25.3 Å². The number of likely N-dealkylation sites (tertiary alicyclic amines) is 1. The van der Waals surface area contributed by atoms with Crippen LogP contribution in [-0.4, -0.2) is 71.3 Å². The van der Waals surface area contributed by atoms with Crippen LogP contribution in [0.5, 0.6) is 0 Å². The van der Waals surface area contributed by atoms with Crippen molar-refractivity contribution in [3.63, 3.8) is 0 Å². The van der Waals surface area contributed by atoms with Crippen molar-refractivity contribution in [2.45, 2.75) is 121 Å². The first-order valence-electron chi connectivity index (χ1n) is 18.1. The summed E-state index contributed by atoms with van der Waals surface area (Å²) in [5, 5.41) is 8.41. The van der Waals surface area contributed by atoms with Crippen LogP contribution in [-0.2, 0) is 23.9 Å². The zero-order valence-corrected chi connectivity index (χ0v) is 28.3. The Morgan fingerprint density at radius 2 is 1.55 bits per heavy atom. The molecular weight excluding hydrogens is 596 g/mol. The number of allylic oxidation sites excluding steroid dienone is 1. The molecule has 3 N–H and O–H groups in total. The van der Waals surface area contributed by atoms with Gasteiger partial charge in [-0.25, -0.2) is 4.79 Å². The molecule has 10 nitrogen and oxygen atoms in total. The van der Waals surface area contributed by atoms with Crippen LogP contribution in [0.1, 0.15) is 97.3 Å². The van der Waals surface area contributed by atoms with E-state index >= 15 is 0 Å². The Bertz CT molecular complexity index is 1250. The molecule has 5 atom stereocenters. The van der Waals surface area contributed by atoms with Gasteiger partial charge >= 0.3 is 6.09 Å². The first-order chi connectivity index (χ1) is 22.5. The van der Waals surface area contributed by atoms with E-state index in [4.69, 9.17) is 4.74 Å². The fourth-order valence-corrected chi connectivity index (χ4v) is 10.6. The zero-order chi connectivity index (χ0) is 33.5. The topological polar surface area (TPSA) is 134 Å². The lowest BCUT2D eigenvalue weighted by molar-refractivity contribution is -0.145. The molecule has 10 heteroatoms. The van der Waals surface area contributed by atoms with Crippen molar-refractivity contribution in [2.24, 2.45) is 40.9 Å². The molecule has 1 saturated heterocycles. The van der Waals surface area contributed by atoms with E-state index in [1.807, 2.05) is 0 Å². The Labute approximate surface area is 279 Å². The van der Waals surface area contributed by atoms with Crippen molar-refractivity contribution < 1.29 is 28.7 Å². The smallest absolute Gasteiger partial charge is 0.408 e. The fourth-order valence-electron chi connectivity index (χ4n) is 10.6. The van der Waals surface area contributed by atoms with Crippen LogP contribution < -0.4 is 16.0 Å². The number of fused-ring (bicyclic) bond motifs is 1. The Balaban J connectivity index is 1.19. The Morgan fingerprint density at radius 1 is 0.915 bits per heavy atom. The number of hydrogen-bond donors (Lipinski definition) is 3. The fraction of sp³-hybridized carbons (Fsp3) is 0.757. The normalized spacial score (nSPS) is 34.4. The summed E-state index contributed by atoms with van der Waals surface area (Å²) in [6, 6.07) is -2.63. The number of rotatable bonds is 13. The van der Waals surface area contributed by atoms with E-state index in [2.05, 4.69) is 43.0 Å². The van der Waals surface area contributed by atoms with Gasteiger partial charge in [-0.3, -0.25) is 19.2 Å². The Hall–Kier alpha value is -3.17. The van der Waals surface area contributed by atoms with E-state index < -0.39 is 47.4 Å². The molecule has 258 valence electrons. The van der Waals surface area contributed by atoms with Crippen molar-refractivity contribution in [3.8, 4) is 0 Å². The number of ether oxygens (including phenoxy) is 1. The minimum atomic E-state index is -1.05. The van der Waals surface area contributed by atoms with Crippen LogP contribution in [0.3, 0.4) is 0 Å². The van der Waals surface area contributed by atoms with E-state index in [9.17, 15) is 24.0 Å². The number of piperidine rings is 1. The first kappa shape index (κ1) is 33.7. The Kier molecular flexibility index (Phi) is 9.60. The van der Waals surface area contributed by atoms with E-state index in [1.165, 1.54) is 25.3 Å². The third-order valence-electron chi connectivity index (χ3n) is 12.6. The third-order valence-corrected chi connectivity index (χ3v) is 12.6. The van der Waals surface area contributed by atoms with Crippen LogP contribution in [0.2, 0.25) is 0 Å². The number of carbonyl (C=O) groups excluding carboxylic acids is 5. The van der Waals surface area contributed by atoms with Crippen molar-refractivity contribution in [1.82, 2.24) is 20.9 Å². The SMILES string of the molecule is C=CCC[C@H](NC(=O)[C@@H]1[C@@H]2[C@H](CN1C(=O)[C@@H](NC(=O)OC13CC4CC(CC(C4)C1)C3)C1CCCCC1)C2(C)C)C(=O)C(=O)NCC=C. The number of Topliss-reactive ketones (excluding diaryl/α,β-unsaturated/α-hetero) is 1. The number of nitrogens with one attached hydrogen (secondary N) is 3. The molecule has 0 aromatic rings. The number of hydrogen-bond acceptors (Lipinski definition) is 6. The summed E-state index contributed by atoms with van der Waals surface area (Å²) >= 11 is 0. The van der Waals surface area contributed by atoms with Crippen LogP contribution >= 0.6 is 0 Å². The van der Waals surface area contributed by atoms with Crippen molar-refractivity contribution in [1.29, 1.82) is 0 Å². The lowest BCUT2D eigenvalue weighted by Crippen LogP contribution is -2.60. The largest absolute Gasteiger partial charge is 0.443 e. The van der Waals surface area contributed by atoms with Crippen LogP contribution in [0.25, 0.3) is 0 Å². The minimum absolute atomic E-state index is 0.0377. The maximum atomic E-state index is 14.6. The van der Waals surface area contributed by atoms with Gasteiger partial charge < -0.3 is 25.6 Å². The predicted octanol–water partition coefficient (Wildman–Crippen LogP) is 4.44. The van der Waals surface area contributed by atoms with Gasteiger partial charge in [0.1, 0.15) is 17.7 Å². The number of ketones is 1. The monoisotopic (exact) mass is 650 g/mol. The van der Waals surface area contributed by atoms with Gasteiger partial charge in [0.2, 0.25) is 17.6 Å². The van der Waals surface area contributed by atoms with Gasteiger partial charge in [0.05, 0.1) is 6.04 Å². The van der Waals surface area contributed by atoms with Gasteiger partial charge in [0.25, 0.3) is 5.91 Å². The second kappa shape index (κ2) is 13.4. The molecule has 0 aromatic heterocycles. The molecular formula is C37H54N4O6. The second-order valence-corrected chi connectivity index (χ2v) is 16.2. The molecule has 1 aliphatic heterocycles. The molecule has 6 aliphatic carbocycles. The summed E-state index contributed by atoms with van der Waals surface area (Å²) in [5.41, 5.74) is -0.572. The third kappa shape index (κ3) is 6.75. The van der Waals surface area contributed by atoms with Crippen molar-refractivity contribution >= 4 is 29.6 Å². The number of amides is 4. The summed E-state index contributed by atoms with van der Waals surface area (Å²) < 4.78 is 6.30. The summed E-state index contributed by atoms with van der Waals surface area (Å²) in [6.45, 7) is 12.1. The standard InChI is InChI=1S/C37H54N4O6/c1-5-7-13-27(31(42)33(44)38-14-6-2)39-32(43)30-28-26(36(28,3)4)21-41(30)34(45)29(25-11-9-8-10-12-25)40-35(46)47-37-18-22-15-23(19-37)17-24(16-22)20-37/h5-6,22-30H,1-2,7-21H2,3-4H3,(H,38,44)(H,39,43)(H,40,46)/t22?,23?,24?,26-,27-,28-,29-,30-,37?/m0/s1. The maximum Gasteiger partial charge on any atom is 0.408 e. The van der Waals surface area contributed by atoms with E-state index in [-0.39, 0.29) is 42.0 Å². The second-order valence-electron chi connectivity index (χ2n) is 16.2. The van der Waals surface area contributed by atoms with E-state index in [0.29, 0.717) is 30.7 Å². The first-order valence-corrected chi connectivity index (χ1v) is 18.1. The molecule has 0 unspecified atom stereocenters.